The molecule has 0 radical (unpaired) electrons. The summed E-state index contributed by atoms with van der Waals surface area (Å²) in [6.07, 6.45) is -0.892. The molecule has 1 aromatic rings. The summed E-state index contributed by atoms with van der Waals surface area (Å²) in [5.41, 5.74) is -1.02. The second-order valence-electron chi connectivity index (χ2n) is 4.74. The predicted molar refractivity (Wildman–Crippen MR) is 66.3 cm³/mol. The van der Waals surface area contributed by atoms with Gasteiger partial charge in [0.1, 0.15) is 16.2 Å². The van der Waals surface area contributed by atoms with E-state index in [1.165, 1.54) is 0 Å². The van der Waals surface area contributed by atoms with E-state index in [0.717, 1.165) is 18.2 Å². The molecule has 6 nitrogen and oxygen atoms in total. The number of halogens is 1. The number of hydrogen-bond donors (Lipinski definition) is 2. The van der Waals surface area contributed by atoms with Crippen LogP contribution in [-0.2, 0) is 15.0 Å². The number of nitrogens with one attached hydrogen (secondary N) is 1. The van der Waals surface area contributed by atoms with Crippen LogP contribution in [0.15, 0.2) is 23.1 Å². The average molecular weight is 291 g/mol. The van der Waals surface area contributed by atoms with Crippen molar-refractivity contribution in [3.8, 4) is 5.75 Å². The minimum Gasteiger partial charge on any atom is -0.506 e. The maximum Gasteiger partial charge on any atom is 0.412 e. The third-order valence-corrected chi connectivity index (χ3v) is 2.70. The number of hydrogen-bond acceptors (Lipinski definition) is 5. The third-order valence-electron chi connectivity index (χ3n) is 1.89. The molecule has 8 heteroatoms. The average Bonchev–Trinajstić information content (AvgIpc) is 2.16. The van der Waals surface area contributed by atoms with E-state index in [-0.39, 0.29) is 5.69 Å². The molecule has 0 heterocycles. The van der Waals surface area contributed by atoms with Gasteiger partial charge in [0.15, 0.2) is 0 Å². The Kier molecular flexibility index (Phi) is 4.04. The molecule has 0 unspecified atom stereocenters. The van der Waals surface area contributed by atoms with Gasteiger partial charge in [0.2, 0.25) is 0 Å². The monoisotopic (exact) mass is 291 g/mol. The molecule has 0 aliphatic carbocycles. The van der Waals surface area contributed by atoms with E-state index in [9.17, 15) is 22.2 Å². The number of carbonyl (C=O) groups excluding carboxylic acids is 1. The topological polar surface area (TPSA) is 92.7 Å². The Labute approximate surface area is 110 Å². The number of ether oxygens (including phenoxy) is 1. The lowest BCUT2D eigenvalue weighted by molar-refractivity contribution is 0.0635. The molecule has 1 rings (SSSR count). The van der Waals surface area contributed by atoms with E-state index in [4.69, 9.17) is 4.74 Å². The Balaban J connectivity index is 2.99. The van der Waals surface area contributed by atoms with Crippen LogP contribution in [0.25, 0.3) is 0 Å². The van der Waals surface area contributed by atoms with Gasteiger partial charge in [-0.05, 0) is 39.0 Å². The number of amides is 1. The van der Waals surface area contributed by atoms with Crippen LogP contribution >= 0.6 is 0 Å². The molecule has 0 fully saturated rings. The van der Waals surface area contributed by atoms with Crippen LogP contribution in [-0.4, -0.2) is 25.2 Å². The van der Waals surface area contributed by atoms with Crippen LogP contribution in [0.2, 0.25) is 0 Å². The van der Waals surface area contributed by atoms with Gasteiger partial charge in [-0.3, -0.25) is 5.32 Å². The number of carbonyl (C=O) groups is 1. The first kappa shape index (κ1) is 15.2. The van der Waals surface area contributed by atoms with E-state index >= 15 is 0 Å². The fourth-order valence-corrected chi connectivity index (χ4v) is 1.67. The third kappa shape index (κ3) is 4.74. The Morgan fingerprint density at radius 2 is 1.95 bits per heavy atom. The number of anilines is 1. The first-order valence-corrected chi connectivity index (χ1v) is 6.65. The molecular weight excluding hydrogens is 277 g/mol. The second-order valence-corrected chi connectivity index (χ2v) is 6.09. The summed E-state index contributed by atoms with van der Waals surface area (Å²) < 4.78 is 39.1. The highest BCUT2D eigenvalue weighted by Gasteiger charge is 2.19. The van der Waals surface area contributed by atoms with E-state index in [2.05, 4.69) is 5.32 Å². The lowest BCUT2D eigenvalue weighted by Crippen LogP contribution is -2.27. The molecule has 0 aromatic heterocycles. The van der Waals surface area contributed by atoms with Crippen molar-refractivity contribution in [1.29, 1.82) is 0 Å². The van der Waals surface area contributed by atoms with Crippen molar-refractivity contribution in [2.75, 3.05) is 5.32 Å². The predicted octanol–water partition coefficient (Wildman–Crippen LogP) is 2.40. The van der Waals surface area contributed by atoms with Gasteiger partial charge in [-0.2, -0.15) is 8.42 Å². The highest BCUT2D eigenvalue weighted by molar-refractivity contribution is 7.86. The van der Waals surface area contributed by atoms with Gasteiger partial charge in [-0.25, -0.2) is 4.79 Å². The van der Waals surface area contributed by atoms with Crippen molar-refractivity contribution in [2.24, 2.45) is 0 Å². The van der Waals surface area contributed by atoms with Crippen LogP contribution in [0.5, 0.6) is 5.75 Å². The zero-order valence-corrected chi connectivity index (χ0v) is 11.4. The van der Waals surface area contributed by atoms with E-state index in [0.29, 0.717) is 0 Å². The second kappa shape index (κ2) is 5.04. The Hall–Kier alpha value is -1.83. The number of benzene rings is 1. The van der Waals surface area contributed by atoms with Crippen LogP contribution in [0.3, 0.4) is 0 Å². The summed E-state index contributed by atoms with van der Waals surface area (Å²) in [4.78, 5) is 10.8. The fraction of sp³-hybridized carbons (Fsp3) is 0.364. The smallest absolute Gasteiger partial charge is 0.412 e. The molecule has 1 aromatic carbocycles. The minimum absolute atomic E-state index is 0.257. The zero-order valence-electron chi connectivity index (χ0n) is 10.6. The van der Waals surface area contributed by atoms with Gasteiger partial charge in [0, 0.05) is 0 Å². The molecule has 0 saturated carbocycles. The molecule has 0 bridgehead atoms. The van der Waals surface area contributed by atoms with Gasteiger partial charge < -0.3 is 9.84 Å². The normalized spacial score (nSPS) is 12.0. The summed E-state index contributed by atoms with van der Waals surface area (Å²) in [5, 5.41) is 11.6. The van der Waals surface area contributed by atoms with E-state index < -0.39 is 32.6 Å². The van der Waals surface area contributed by atoms with E-state index in [1.54, 1.807) is 20.8 Å². The Morgan fingerprint density at radius 1 is 1.37 bits per heavy atom. The molecule has 0 spiro atoms. The first-order chi connectivity index (χ1) is 8.49. The summed E-state index contributed by atoms with van der Waals surface area (Å²) in [6.45, 7) is 4.90. The maximum absolute atomic E-state index is 12.8. The van der Waals surface area contributed by atoms with Gasteiger partial charge in [-0.1, -0.05) is 0 Å². The number of phenolic OH excluding ortho intramolecular Hbond substituents is 1. The molecule has 0 atom stereocenters. The number of aromatic hydroxyl groups is 1. The first-order valence-electron chi connectivity index (χ1n) is 5.27. The quantitative estimate of drug-likeness (QED) is 0.644. The molecule has 19 heavy (non-hydrogen) atoms. The fourth-order valence-electron chi connectivity index (χ4n) is 1.18. The molecule has 106 valence electrons. The number of phenols is 1. The molecule has 1 amide bonds. The van der Waals surface area contributed by atoms with Gasteiger partial charge in [0.25, 0.3) is 0 Å². The SMILES string of the molecule is CC(C)(C)OC(=O)Nc1cc(S(=O)(=O)F)ccc1O. The van der Waals surface area contributed by atoms with Crippen LogP contribution in [0.4, 0.5) is 14.4 Å². The Bertz CT molecular complexity index is 592. The maximum atomic E-state index is 12.8. The van der Waals surface area contributed by atoms with Crippen LogP contribution in [0.1, 0.15) is 20.8 Å². The van der Waals surface area contributed by atoms with Crippen molar-refractivity contribution in [2.45, 2.75) is 31.3 Å². The van der Waals surface area contributed by atoms with E-state index in [1.807, 2.05) is 0 Å². The van der Waals surface area contributed by atoms with Crippen molar-refractivity contribution >= 4 is 22.0 Å². The highest BCUT2D eigenvalue weighted by Crippen LogP contribution is 2.27. The van der Waals surface area contributed by atoms with Crippen LogP contribution < -0.4 is 5.32 Å². The van der Waals surface area contributed by atoms with Crippen molar-refractivity contribution in [1.82, 2.24) is 0 Å². The summed E-state index contributed by atoms with van der Waals surface area (Å²) in [5.74, 6) is -0.404. The zero-order chi connectivity index (χ0) is 14.8. The van der Waals surface area contributed by atoms with Crippen molar-refractivity contribution < 1.29 is 26.9 Å². The molecular formula is C11H14FNO5S. The van der Waals surface area contributed by atoms with Crippen molar-refractivity contribution in [3.63, 3.8) is 0 Å². The summed E-state index contributed by atoms with van der Waals surface area (Å²) in [7, 11) is -4.92. The molecule has 2 N–H and O–H groups in total. The lowest BCUT2D eigenvalue weighted by Gasteiger charge is -2.20. The highest BCUT2D eigenvalue weighted by atomic mass is 32.3. The summed E-state index contributed by atoms with van der Waals surface area (Å²) in [6, 6.07) is 2.64. The summed E-state index contributed by atoms with van der Waals surface area (Å²) >= 11 is 0. The molecule has 0 saturated heterocycles. The minimum atomic E-state index is -4.92. The van der Waals surface area contributed by atoms with Gasteiger partial charge >= 0.3 is 16.3 Å². The van der Waals surface area contributed by atoms with Gasteiger partial charge in [0.05, 0.1) is 5.69 Å². The Morgan fingerprint density at radius 3 is 2.42 bits per heavy atom. The largest absolute Gasteiger partial charge is 0.506 e. The lowest BCUT2D eigenvalue weighted by atomic mass is 10.2. The standard InChI is InChI=1S/C11H14FNO5S/c1-11(2,3)18-10(15)13-8-6-7(19(12,16)17)4-5-9(8)14/h4-6,14H,1-3H3,(H,13,15). The van der Waals surface area contributed by atoms with Gasteiger partial charge in [-0.15, -0.1) is 3.89 Å². The number of rotatable bonds is 2. The van der Waals surface area contributed by atoms with Crippen LogP contribution in [0, 0.1) is 0 Å². The van der Waals surface area contributed by atoms with Crippen molar-refractivity contribution in [3.05, 3.63) is 18.2 Å². The molecule has 0 aliphatic heterocycles. The molecule has 0 aliphatic rings.